The van der Waals surface area contributed by atoms with Gasteiger partial charge in [0.2, 0.25) is 0 Å². The van der Waals surface area contributed by atoms with E-state index in [-0.39, 0.29) is 5.69 Å². The van der Waals surface area contributed by atoms with Crippen molar-refractivity contribution in [1.82, 2.24) is 9.97 Å². The highest BCUT2D eigenvalue weighted by Gasteiger charge is 2.09. The van der Waals surface area contributed by atoms with E-state index in [1.807, 2.05) is 18.3 Å². The van der Waals surface area contributed by atoms with Crippen LogP contribution in [0.4, 0.5) is 11.4 Å². The molecule has 7 heteroatoms. The molecule has 2 N–H and O–H groups in total. The lowest BCUT2D eigenvalue weighted by atomic mass is 10.2. The molecule has 0 fully saturated rings. The highest BCUT2D eigenvalue weighted by Crippen LogP contribution is 2.28. The van der Waals surface area contributed by atoms with E-state index in [2.05, 4.69) is 31.2 Å². The Bertz CT molecular complexity index is 816. The molecule has 0 bridgehead atoms. The van der Waals surface area contributed by atoms with Gasteiger partial charge in [-0.15, -0.1) is 0 Å². The summed E-state index contributed by atoms with van der Waals surface area (Å²) in [4.78, 5) is 17.6. The van der Waals surface area contributed by atoms with Crippen LogP contribution in [0.25, 0.3) is 11.0 Å². The molecule has 3 rings (SSSR count). The molecule has 0 saturated carbocycles. The van der Waals surface area contributed by atoms with Gasteiger partial charge < -0.3 is 10.3 Å². The van der Waals surface area contributed by atoms with Crippen LogP contribution < -0.4 is 5.32 Å². The van der Waals surface area contributed by atoms with Gasteiger partial charge in [-0.3, -0.25) is 10.1 Å². The summed E-state index contributed by atoms with van der Waals surface area (Å²) >= 11 is 3.34. The number of rotatable bonds is 4. The number of hydrogen-bond donors (Lipinski definition) is 2. The molecular formula is C14H11BrN4O2. The number of non-ortho nitro benzene ring substituents is 1. The second kappa shape index (κ2) is 5.53. The number of anilines is 1. The van der Waals surface area contributed by atoms with E-state index in [1.165, 1.54) is 12.1 Å². The number of nitrogens with one attached hydrogen (secondary N) is 2. The minimum Gasteiger partial charge on any atom is -0.380 e. The minimum atomic E-state index is -0.417. The smallest absolute Gasteiger partial charge is 0.270 e. The molecule has 0 atom stereocenters. The molecule has 2 aromatic heterocycles. The normalized spacial score (nSPS) is 10.7. The Morgan fingerprint density at radius 1 is 1.38 bits per heavy atom. The summed E-state index contributed by atoms with van der Waals surface area (Å²) in [6.45, 7) is 0.599. The summed E-state index contributed by atoms with van der Waals surface area (Å²) in [6, 6.07) is 8.54. The summed E-state index contributed by atoms with van der Waals surface area (Å²) in [5, 5.41) is 15.0. The molecule has 0 spiro atoms. The summed E-state index contributed by atoms with van der Waals surface area (Å²) in [5.74, 6) is 0. The number of halogens is 1. The molecule has 21 heavy (non-hydrogen) atoms. The summed E-state index contributed by atoms with van der Waals surface area (Å²) in [5.41, 5.74) is 2.79. The molecule has 0 amide bonds. The number of benzene rings is 1. The van der Waals surface area contributed by atoms with Crippen LogP contribution in [0.1, 0.15) is 5.56 Å². The van der Waals surface area contributed by atoms with Gasteiger partial charge in [0.15, 0.2) is 0 Å². The van der Waals surface area contributed by atoms with Crippen LogP contribution in [0.15, 0.2) is 47.2 Å². The third-order valence-electron chi connectivity index (χ3n) is 3.17. The summed E-state index contributed by atoms with van der Waals surface area (Å²) in [6.07, 6.45) is 3.65. The van der Waals surface area contributed by atoms with E-state index >= 15 is 0 Å². The molecule has 0 unspecified atom stereocenters. The van der Waals surface area contributed by atoms with Gasteiger partial charge in [0.05, 0.1) is 4.92 Å². The van der Waals surface area contributed by atoms with Crippen LogP contribution in [-0.2, 0) is 6.54 Å². The molecule has 0 radical (unpaired) electrons. The second-order valence-electron chi connectivity index (χ2n) is 4.49. The predicted molar refractivity (Wildman–Crippen MR) is 84.2 cm³/mol. The summed E-state index contributed by atoms with van der Waals surface area (Å²) < 4.78 is 0.662. The highest BCUT2D eigenvalue weighted by atomic mass is 79.9. The zero-order valence-corrected chi connectivity index (χ0v) is 12.4. The number of aromatic nitrogens is 2. The van der Waals surface area contributed by atoms with Crippen LogP contribution in [0, 0.1) is 10.1 Å². The van der Waals surface area contributed by atoms with Gasteiger partial charge in [0.25, 0.3) is 5.69 Å². The van der Waals surface area contributed by atoms with Crippen molar-refractivity contribution in [3.63, 3.8) is 0 Å². The van der Waals surface area contributed by atoms with E-state index in [0.29, 0.717) is 11.0 Å². The molecule has 1 aromatic carbocycles. The van der Waals surface area contributed by atoms with Crippen molar-refractivity contribution in [2.45, 2.75) is 6.54 Å². The first-order valence-corrected chi connectivity index (χ1v) is 7.03. The van der Waals surface area contributed by atoms with Crippen molar-refractivity contribution < 1.29 is 4.92 Å². The molecule has 0 aliphatic rings. The number of pyridine rings is 1. The number of aromatic amines is 1. The minimum absolute atomic E-state index is 0.0590. The average molecular weight is 347 g/mol. The predicted octanol–water partition coefficient (Wildman–Crippen LogP) is 3.85. The Labute approximate surface area is 128 Å². The largest absolute Gasteiger partial charge is 0.380 e. The van der Waals surface area contributed by atoms with E-state index in [0.717, 1.165) is 22.3 Å². The van der Waals surface area contributed by atoms with Crippen LogP contribution in [0.5, 0.6) is 0 Å². The van der Waals surface area contributed by atoms with Crippen LogP contribution in [-0.4, -0.2) is 14.9 Å². The third kappa shape index (κ3) is 2.73. The zero-order chi connectivity index (χ0) is 14.8. The van der Waals surface area contributed by atoms with Gasteiger partial charge in [0.1, 0.15) is 5.65 Å². The quantitative estimate of drug-likeness (QED) is 0.555. The molecule has 0 aliphatic carbocycles. The van der Waals surface area contributed by atoms with Gasteiger partial charge in [-0.25, -0.2) is 4.98 Å². The van der Waals surface area contributed by atoms with E-state index in [9.17, 15) is 10.1 Å². The van der Waals surface area contributed by atoms with Crippen LogP contribution in [0.3, 0.4) is 0 Å². The maximum Gasteiger partial charge on any atom is 0.270 e. The zero-order valence-electron chi connectivity index (χ0n) is 10.8. The van der Waals surface area contributed by atoms with Gasteiger partial charge >= 0.3 is 0 Å². The Morgan fingerprint density at radius 3 is 3.00 bits per heavy atom. The van der Waals surface area contributed by atoms with Crippen LogP contribution >= 0.6 is 15.9 Å². The Hall–Kier alpha value is -2.41. The lowest BCUT2D eigenvalue weighted by Gasteiger charge is -2.07. The van der Waals surface area contributed by atoms with Crippen molar-refractivity contribution in [2.24, 2.45) is 0 Å². The monoisotopic (exact) mass is 346 g/mol. The number of nitro benzene ring substituents is 1. The van der Waals surface area contributed by atoms with Gasteiger partial charge in [0, 0.05) is 46.6 Å². The van der Waals surface area contributed by atoms with E-state index in [4.69, 9.17) is 0 Å². The second-order valence-corrected chi connectivity index (χ2v) is 5.34. The maximum absolute atomic E-state index is 10.7. The van der Waals surface area contributed by atoms with Crippen molar-refractivity contribution in [1.29, 1.82) is 0 Å². The average Bonchev–Trinajstić information content (AvgIpc) is 2.89. The summed E-state index contributed by atoms with van der Waals surface area (Å²) in [7, 11) is 0. The lowest BCUT2D eigenvalue weighted by Crippen LogP contribution is -2.00. The molecule has 106 valence electrons. The standard InChI is InChI=1S/C14H11BrN4O2/c15-12-6-10(19(20)21)3-4-13(12)17-7-9-8-18-14-11(9)2-1-5-16-14/h1-6,8,17H,7H2,(H,16,18). The molecule has 3 aromatic rings. The first kappa shape index (κ1) is 13.6. The fourth-order valence-corrected chi connectivity index (χ4v) is 2.62. The fourth-order valence-electron chi connectivity index (χ4n) is 2.11. The third-order valence-corrected chi connectivity index (χ3v) is 3.83. The number of nitro groups is 1. The van der Waals surface area contributed by atoms with Crippen molar-refractivity contribution in [3.05, 3.63) is 62.9 Å². The van der Waals surface area contributed by atoms with E-state index < -0.39 is 4.92 Å². The number of H-pyrrole nitrogens is 1. The van der Waals surface area contributed by atoms with Gasteiger partial charge in [-0.05, 0) is 39.7 Å². The van der Waals surface area contributed by atoms with Crippen molar-refractivity contribution in [3.8, 4) is 0 Å². The van der Waals surface area contributed by atoms with Crippen LogP contribution in [0.2, 0.25) is 0 Å². The fraction of sp³-hybridized carbons (Fsp3) is 0.0714. The Kier molecular flexibility index (Phi) is 3.57. The highest BCUT2D eigenvalue weighted by molar-refractivity contribution is 9.10. The van der Waals surface area contributed by atoms with Gasteiger partial charge in [-0.2, -0.15) is 0 Å². The molecule has 0 saturated heterocycles. The first-order chi connectivity index (χ1) is 10.1. The van der Waals surface area contributed by atoms with Crippen molar-refractivity contribution in [2.75, 3.05) is 5.32 Å². The maximum atomic E-state index is 10.7. The molecule has 0 aliphatic heterocycles. The van der Waals surface area contributed by atoms with Crippen molar-refractivity contribution >= 4 is 38.3 Å². The SMILES string of the molecule is O=[N+]([O-])c1ccc(NCc2c[nH]c3ncccc23)c(Br)c1. The van der Waals surface area contributed by atoms with Gasteiger partial charge in [-0.1, -0.05) is 0 Å². The molecule has 6 nitrogen and oxygen atoms in total. The number of nitrogens with zero attached hydrogens (tertiary/aromatic N) is 2. The number of fused-ring (bicyclic) bond motifs is 1. The molecular weight excluding hydrogens is 336 g/mol. The first-order valence-electron chi connectivity index (χ1n) is 6.24. The number of hydrogen-bond acceptors (Lipinski definition) is 4. The Morgan fingerprint density at radius 2 is 2.24 bits per heavy atom. The van der Waals surface area contributed by atoms with E-state index in [1.54, 1.807) is 12.3 Å². The lowest BCUT2D eigenvalue weighted by molar-refractivity contribution is -0.384. The molecule has 2 heterocycles. The Balaban J connectivity index is 1.80. The topological polar surface area (TPSA) is 83.9 Å².